The molecule has 1 fully saturated rings. The van der Waals surface area contributed by atoms with Gasteiger partial charge in [0.25, 0.3) is 0 Å². The zero-order valence-corrected chi connectivity index (χ0v) is 18.2. The minimum absolute atomic E-state index is 0.889. The van der Waals surface area contributed by atoms with Gasteiger partial charge in [-0.1, -0.05) is 30.3 Å². The Hall–Kier alpha value is -3.54. The van der Waals surface area contributed by atoms with Crippen molar-refractivity contribution in [3.63, 3.8) is 0 Å². The maximum Gasteiger partial charge on any atom is 0.165 e. The summed E-state index contributed by atoms with van der Waals surface area (Å²) in [5.41, 5.74) is 6.44. The SMILES string of the molecule is COc1ccc(N2CCN(c3cc(C)nc4c(-c5ccccc5)c(C)nn34)CC2)cc1. The fourth-order valence-corrected chi connectivity index (χ4v) is 4.38. The smallest absolute Gasteiger partial charge is 0.165 e. The lowest BCUT2D eigenvalue weighted by Gasteiger charge is -2.37. The number of aryl methyl sites for hydroxylation is 2. The molecule has 0 N–H and O–H groups in total. The molecule has 0 amide bonds. The first-order valence-corrected chi connectivity index (χ1v) is 10.7. The van der Waals surface area contributed by atoms with Crippen molar-refractivity contribution in [3.8, 4) is 16.9 Å². The third-order valence-electron chi connectivity index (χ3n) is 5.98. The van der Waals surface area contributed by atoms with Crippen molar-refractivity contribution in [1.29, 1.82) is 0 Å². The van der Waals surface area contributed by atoms with Gasteiger partial charge in [0.1, 0.15) is 11.6 Å². The minimum Gasteiger partial charge on any atom is -0.497 e. The molecule has 1 aliphatic heterocycles. The molecule has 6 nitrogen and oxygen atoms in total. The van der Waals surface area contributed by atoms with Crippen LogP contribution in [0.5, 0.6) is 5.75 Å². The summed E-state index contributed by atoms with van der Waals surface area (Å²) in [6, 6.07) is 20.9. The first-order valence-electron chi connectivity index (χ1n) is 10.7. The highest BCUT2D eigenvalue weighted by Gasteiger charge is 2.22. The summed E-state index contributed by atoms with van der Waals surface area (Å²) in [5, 5.41) is 4.89. The standard InChI is InChI=1S/C25H27N5O/c1-18-17-23(29-15-13-28(14-16-29)21-9-11-22(31-3)12-10-21)30-25(26-18)24(19(2)27-30)20-7-5-4-6-8-20/h4-12,17H,13-16H2,1-3H3. The second-order valence-corrected chi connectivity index (χ2v) is 7.99. The Balaban J connectivity index is 1.44. The summed E-state index contributed by atoms with van der Waals surface area (Å²) < 4.78 is 7.31. The average Bonchev–Trinajstić information content (AvgIpc) is 3.15. The third-order valence-corrected chi connectivity index (χ3v) is 5.98. The Bertz CT molecular complexity index is 1190. The van der Waals surface area contributed by atoms with Crippen LogP contribution in [0.1, 0.15) is 11.4 Å². The van der Waals surface area contributed by atoms with E-state index < -0.39 is 0 Å². The molecule has 0 atom stereocenters. The minimum atomic E-state index is 0.889. The van der Waals surface area contributed by atoms with Crippen molar-refractivity contribution in [2.24, 2.45) is 0 Å². The van der Waals surface area contributed by atoms with Gasteiger partial charge in [0.2, 0.25) is 0 Å². The van der Waals surface area contributed by atoms with E-state index in [0.29, 0.717) is 0 Å². The van der Waals surface area contributed by atoms with E-state index in [4.69, 9.17) is 14.8 Å². The summed E-state index contributed by atoms with van der Waals surface area (Å²) in [6.45, 7) is 7.92. The highest BCUT2D eigenvalue weighted by molar-refractivity contribution is 5.81. The predicted octanol–water partition coefficient (Wildman–Crippen LogP) is 4.35. The molecule has 1 aliphatic rings. The molecular formula is C25H27N5O. The van der Waals surface area contributed by atoms with E-state index in [1.807, 2.05) is 22.7 Å². The molecule has 0 unspecified atom stereocenters. The molecule has 0 bridgehead atoms. The molecule has 1 saturated heterocycles. The topological polar surface area (TPSA) is 45.9 Å². The lowest BCUT2D eigenvalue weighted by Crippen LogP contribution is -2.47. The van der Waals surface area contributed by atoms with Crippen molar-refractivity contribution in [3.05, 3.63) is 72.1 Å². The van der Waals surface area contributed by atoms with Gasteiger partial charge in [-0.3, -0.25) is 0 Å². The molecule has 2 aromatic heterocycles. The quantitative estimate of drug-likeness (QED) is 0.498. The predicted molar refractivity (Wildman–Crippen MR) is 125 cm³/mol. The number of aromatic nitrogens is 3. The first kappa shape index (κ1) is 19.4. The van der Waals surface area contributed by atoms with Crippen LogP contribution in [0.4, 0.5) is 11.5 Å². The number of hydrogen-bond donors (Lipinski definition) is 0. The molecule has 0 saturated carbocycles. The molecule has 31 heavy (non-hydrogen) atoms. The van der Waals surface area contributed by atoms with Crippen molar-refractivity contribution < 1.29 is 4.74 Å². The van der Waals surface area contributed by atoms with E-state index in [-0.39, 0.29) is 0 Å². The fourth-order valence-electron chi connectivity index (χ4n) is 4.38. The van der Waals surface area contributed by atoms with Gasteiger partial charge >= 0.3 is 0 Å². The number of nitrogens with zero attached hydrogens (tertiary/aromatic N) is 5. The molecule has 5 rings (SSSR count). The third kappa shape index (κ3) is 3.58. The Morgan fingerprint density at radius 1 is 0.839 bits per heavy atom. The number of ether oxygens (including phenoxy) is 1. The van der Waals surface area contributed by atoms with Crippen LogP contribution < -0.4 is 14.5 Å². The molecule has 2 aromatic carbocycles. The van der Waals surface area contributed by atoms with Gasteiger partial charge < -0.3 is 14.5 Å². The van der Waals surface area contributed by atoms with E-state index in [2.05, 4.69) is 66.1 Å². The number of benzene rings is 2. The van der Waals surface area contributed by atoms with Gasteiger partial charge in [-0.2, -0.15) is 9.61 Å². The summed E-state index contributed by atoms with van der Waals surface area (Å²) in [7, 11) is 1.70. The molecule has 158 valence electrons. The fraction of sp³-hybridized carbons (Fsp3) is 0.280. The Morgan fingerprint density at radius 3 is 2.19 bits per heavy atom. The van der Waals surface area contributed by atoms with Crippen LogP contribution >= 0.6 is 0 Å². The molecule has 3 heterocycles. The number of methoxy groups -OCH3 is 1. The van der Waals surface area contributed by atoms with Crippen LogP contribution in [0.3, 0.4) is 0 Å². The maximum atomic E-state index is 5.28. The van der Waals surface area contributed by atoms with E-state index in [0.717, 1.165) is 65.9 Å². The molecule has 0 radical (unpaired) electrons. The number of fused-ring (bicyclic) bond motifs is 1. The molecular weight excluding hydrogens is 386 g/mol. The van der Waals surface area contributed by atoms with Crippen molar-refractivity contribution in [2.45, 2.75) is 13.8 Å². The normalized spacial score (nSPS) is 14.3. The van der Waals surface area contributed by atoms with Crippen LogP contribution in [0.25, 0.3) is 16.8 Å². The van der Waals surface area contributed by atoms with Crippen LogP contribution in [0.15, 0.2) is 60.7 Å². The lowest BCUT2D eigenvalue weighted by molar-refractivity contribution is 0.415. The van der Waals surface area contributed by atoms with E-state index in [9.17, 15) is 0 Å². The number of hydrogen-bond acceptors (Lipinski definition) is 5. The van der Waals surface area contributed by atoms with Crippen LogP contribution in [-0.2, 0) is 0 Å². The molecule has 0 aliphatic carbocycles. The number of anilines is 2. The monoisotopic (exact) mass is 413 g/mol. The van der Waals surface area contributed by atoms with Gasteiger partial charge in [0, 0.05) is 49.2 Å². The number of rotatable bonds is 4. The number of piperazine rings is 1. The highest BCUT2D eigenvalue weighted by Crippen LogP contribution is 2.31. The zero-order valence-electron chi connectivity index (χ0n) is 18.2. The van der Waals surface area contributed by atoms with Gasteiger partial charge in [-0.05, 0) is 43.7 Å². The second kappa shape index (κ2) is 7.95. The van der Waals surface area contributed by atoms with Crippen LogP contribution in [0, 0.1) is 13.8 Å². The summed E-state index contributed by atoms with van der Waals surface area (Å²) in [6.07, 6.45) is 0. The van der Waals surface area contributed by atoms with Gasteiger partial charge in [0.15, 0.2) is 5.65 Å². The summed E-state index contributed by atoms with van der Waals surface area (Å²) in [4.78, 5) is 9.70. The summed E-state index contributed by atoms with van der Waals surface area (Å²) in [5.74, 6) is 2.00. The van der Waals surface area contributed by atoms with Crippen LogP contribution in [-0.4, -0.2) is 47.9 Å². The largest absolute Gasteiger partial charge is 0.497 e. The van der Waals surface area contributed by atoms with Crippen molar-refractivity contribution >= 4 is 17.2 Å². The van der Waals surface area contributed by atoms with E-state index >= 15 is 0 Å². The Kier molecular flexibility index (Phi) is 4.98. The molecule has 6 heteroatoms. The van der Waals surface area contributed by atoms with Gasteiger partial charge in [-0.15, -0.1) is 0 Å². The highest BCUT2D eigenvalue weighted by atomic mass is 16.5. The molecule has 4 aromatic rings. The summed E-state index contributed by atoms with van der Waals surface area (Å²) >= 11 is 0. The first-order chi connectivity index (χ1) is 15.1. The van der Waals surface area contributed by atoms with Crippen LogP contribution in [0.2, 0.25) is 0 Å². The lowest BCUT2D eigenvalue weighted by atomic mass is 10.1. The Labute approximate surface area is 182 Å². The van der Waals surface area contributed by atoms with Crippen molar-refractivity contribution in [1.82, 2.24) is 14.6 Å². The average molecular weight is 414 g/mol. The van der Waals surface area contributed by atoms with Gasteiger partial charge in [-0.25, -0.2) is 4.98 Å². The maximum absolute atomic E-state index is 5.28. The van der Waals surface area contributed by atoms with E-state index in [1.54, 1.807) is 7.11 Å². The Morgan fingerprint density at radius 2 is 1.52 bits per heavy atom. The van der Waals surface area contributed by atoms with Crippen molar-refractivity contribution in [2.75, 3.05) is 43.1 Å². The molecule has 0 spiro atoms. The van der Waals surface area contributed by atoms with Gasteiger partial charge in [0.05, 0.1) is 12.8 Å². The zero-order chi connectivity index (χ0) is 21.4. The second-order valence-electron chi connectivity index (χ2n) is 7.99. The van der Waals surface area contributed by atoms with E-state index in [1.165, 1.54) is 5.69 Å².